The number of rotatable bonds is 3. The molecule has 1 aromatic heterocycles. The topological polar surface area (TPSA) is 106 Å². The Labute approximate surface area is 158 Å². The molecule has 0 saturated heterocycles. The fourth-order valence-electron chi connectivity index (χ4n) is 2.87. The first-order valence-corrected chi connectivity index (χ1v) is 8.11. The van der Waals surface area contributed by atoms with Gasteiger partial charge in [-0.15, -0.1) is 0 Å². The normalized spacial score (nSPS) is 10.4. The molecule has 0 atom stereocenters. The third kappa shape index (κ3) is 3.30. The van der Waals surface area contributed by atoms with E-state index in [2.05, 4.69) is 4.98 Å². The van der Waals surface area contributed by atoms with E-state index in [9.17, 15) is 19.8 Å². The Morgan fingerprint density at radius 2 is 1.85 bits per heavy atom. The Morgan fingerprint density at radius 3 is 2.44 bits per heavy atom. The van der Waals surface area contributed by atoms with Gasteiger partial charge in [0, 0.05) is 17.2 Å². The first-order chi connectivity index (χ1) is 12.8. The lowest BCUT2D eigenvalue weighted by molar-refractivity contribution is -0.384. The standard InChI is InChI=1S/C19H12ClFN4O2/c1-10-17(12-4-7-15(20)16(8-12)25(26)27)14(9-22)19(23)24-18(10)11-2-5-13(21)6-3-11/h2-8H,1H3,(H2,23,24). The highest BCUT2D eigenvalue weighted by Gasteiger charge is 2.21. The number of hydrogen-bond acceptors (Lipinski definition) is 5. The number of nitrogens with two attached hydrogens (primary N) is 1. The molecule has 0 saturated carbocycles. The Morgan fingerprint density at radius 1 is 1.22 bits per heavy atom. The molecule has 0 aliphatic rings. The highest BCUT2D eigenvalue weighted by atomic mass is 35.5. The van der Waals surface area contributed by atoms with Gasteiger partial charge in [-0.2, -0.15) is 5.26 Å². The second-order valence-electron chi connectivity index (χ2n) is 5.76. The van der Waals surface area contributed by atoms with Crippen LogP contribution in [0.1, 0.15) is 11.1 Å². The van der Waals surface area contributed by atoms with Crippen molar-refractivity contribution in [2.75, 3.05) is 5.73 Å². The number of pyridine rings is 1. The van der Waals surface area contributed by atoms with Crippen LogP contribution in [0.15, 0.2) is 42.5 Å². The van der Waals surface area contributed by atoms with E-state index >= 15 is 0 Å². The van der Waals surface area contributed by atoms with Crippen molar-refractivity contribution in [3.05, 3.63) is 74.5 Å². The van der Waals surface area contributed by atoms with Gasteiger partial charge in [0.15, 0.2) is 0 Å². The minimum absolute atomic E-state index is 0.0132. The van der Waals surface area contributed by atoms with Crippen LogP contribution in [0.5, 0.6) is 0 Å². The van der Waals surface area contributed by atoms with Gasteiger partial charge in [0.05, 0.1) is 10.6 Å². The molecule has 2 aromatic carbocycles. The summed E-state index contributed by atoms with van der Waals surface area (Å²) in [5.74, 6) is -0.415. The van der Waals surface area contributed by atoms with Crippen LogP contribution < -0.4 is 5.73 Å². The van der Waals surface area contributed by atoms with E-state index in [1.54, 1.807) is 25.1 Å². The van der Waals surface area contributed by atoms with Crippen LogP contribution in [0.2, 0.25) is 5.02 Å². The van der Waals surface area contributed by atoms with Crippen LogP contribution in [-0.4, -0.2) is 9.91 Å². The third-order valence-electron chi connectivity index (χ3n) is 4.13. The molecule has 0 aliphatic heterocycles. The van der Waals surface area contributed by atoms with Crippen molar-refractivity contribution < 1.29 is 9.31 Å². The average molecular weight is 383 g/mol. The number of halogens is 2. The quantitative estimate of drug-likeness (QED) is 0.513. The van der Waals surface area contributed by atoms with Crippen LogP contribution in [-0.2, 0) is 0 Å². The first kappa shape index (κ1) is 18.3. The zero-order valence-electron chi connectivity index (χ0n) is 14.0. The molecule has 0 amide bonds. The lowest BCUT2D eigenvalue weighted by Gasteiger charge is -2.15. The fraction of sp³-hybridized carbons (Fsp3) is 0.0526. The molecule has 2 N–H and O–H groups in total. The van der Waals surface area contributed by atoms with Crippen molar-refractivity contribution in [3.8, 4) is 28.5 Å². The summed E-state index contributed by atoms with van der Waals surface area (Å²) in [7, 11) is 0. The van der Waals surface area contributed by atoms with Gasteiger partial charge in [0.1, 0.15) is 28.3 Å². The molecule has 0 unspecified atom stereocenters. The van der Waals surface area contributed by atoms with Crippen molar-refractivity contribution in [2.24, 2.45) is 0 Å². The number of nitro groups is 1. The molecular weight excluding hydrogens is 371 g/mol. The molecule has 0 spiro atoms. The molecule has 3 aromatic rings. The van der Waals surface area contributed by atoms with Crippen LogP contribution in [0.3, 0.4) is 0 Å². The molecule has 0 bridgehead atoms. The minimum Gasteiger partial charge on any atom is -0.383 e. The van der Waals surface area contributed by atoms with E-state index in [0.717, 1.165) is 0 Å². The van der Waals surface area contributed by atoms with E-state index in [0.29, 0.717) is 27.9 Å². The van der Waals surface area contributed by atoms with E-state index in [4.69, 9.17) is 17.3 Å². The second kappa shape index (κ2) is 7.02. The van der Waals surface area contributed by atoms with Crippen LogP contribution >= 0.6 is 11.6 Å². The summed E-state index contributed by atoms with van der Waals surface area (Å²) < 4.78 is 13.2. The summed E-state index contributed by atoms with van der Waals surface area (Å²) in [6.45, 7) is 1.72. The monoisotopic (exact) mass is 382 g/mol. The number of nitrogens with zero attached hydrogens (tertiary/aromatic N) is 3. The lowest BCUT2D eigenvalue weighted by Crippen LogP contribution is -2.03. The SMILES string of the molecule is Cc1c(-c2ccc(F)cc2)nc(N)c(C#N)c1-c1ccc(Cl)c([N+](=O)[O-])c1. The molecule has 134 valence electrons. The zero-order valence-corrected chi connectivity index (χ0v) is 14.8. The van der Waals surface area contributed by atoms with Crippen LogP contribution in [0.4, 0.5) is 15.9 Å². The van der Waals surface area contributed by atoms with E-state index in [1.807, 2.05) is 6.07 Å². The van der Waals surface area contributed by atoms with Crippen molar-refractivity contribution in [1.82, 2.24) is 4.98 Å². The molecule has 3 rings (SSSR count). The maximum atomic E-state index is 13.2. The van der Waals surface area contributed by atoms with Gasteiger partial charge in [0.25, 0.3) is 5.69 Å². The summed E-state index contributed by atoms with van der Waals surface area (Å²) in [5.41, 5.74) is 8.28. The highest BCUT2D eigenvalue weighted by molar-refractivity contribution is 6.32. The van der Waals surface area contributed by atoms with Gasteiger partial charge < -0.3 is 5.73 Å². The summed E-state index contributed by atoms with van der Waals surface area (Å²) in [6.07, 6.45) is 0. The van der Waals surface area contributed by atoms with Gasteiger partial charge in [0.2, 0.25) is 0 Å². The maximum absolute atomic E-state index is 13.2. The zero-order chi connectivity index (χ0) is 19.7. The molecular formula is C19H12ClFN4O2. The summed E-state index contributed by atoms with van der Waals surface area (Å²) >= 11 is 5.89. The fourth-order valence-corrected chi connectivity index (χ4v) is 3.05. The van der Waals surface area contributed by atoms with Gasteiger partial charge in [-0.3, -0.25) is 10.1 Å². The summed E-state index contributed by atoms with van der Waals surface area (Å²) in [4.78, 5) is 14.9. The Bertz CT molecular complexity index is 1110. The van der Waals surface area contributed by atoms with Crippen LogP contribution in [0, 0.1) is 34.2 Å². The minimum atomic E-state index is -0.599. The van der Waals surface area contributed by atoms with Gasteiger partial charge in [-0.25, -0.2) is 9.37 Å². The number of aromatic nitrogens is 1. The van der Waals surface area contributed by atoms with Crippen LogP contribution in [0.25, 0.3) is 22.4 Å². The smallest absolute Gasteiger partial charge is 0.288 e. The number of nitriles is 1. The molecule has 0 aliphatic carbocycles. The number of anilines is 1. The Kier molecular flexibility index (Phi) is 4.75. The molecule has 27 heavy (non-hydrogen) atoms. The average Bonchev–Trinajstić information content (AvgIpc) is 2.64. The molecule has 0 radical (unpaired) electrons. The molecule has 0 fully saturated rings. The first-order valence-electron chi connectivity index (χ1n) is 7.74. The predicted molar refractivity (Wildman–Crippen MR) is 101 cm³/mol. The van der Waals surface area contributed by atoms with Crippen molar-refractivity contribution in [2.45, 2.75) is 6.92 Å². The Balaban J connectivity index is 2.32. The van der Waals surface area contributed by atoms with E-state index < -0.39 is 10.7 Å². The predicted octanol–water partition coefficient (Wildman–Crippen LogP) is 4.88. The molecule has 8 heteroatoms. The summed E-state index contributed by atoms with van der Waals surface area (Å²) in [5, 5.41) is 20.7. The number of hydrogen-bond donors (Lipinski definition) is 1. The lowest BCUT2D eigenvalue weighted by atomic mass is 9.92. The number of nitro benzene ring substituents is 1. The summed E-state index contributed by atoms with van der Waals surface area (Å²) in [6, 6.07) is 11.9. The number of nitrogen functional groups attached to an aromatic ring is 1. The van der Waals surface area contributed by atoms with E-state index in [-0.39, 0.29) is 22.1 Å². The Hall–Kier alpha value is -3.50. The highest BCUT2D eigenvalue weighted by Crippen LogP contribution is 2.38. The second-order valence-corrected chi connectivity index (χ2v) is 6.17. The van der Waals surface area contributed by atoms with Crippen molar-refractivity contribution in [3.63, 3.8) is 0 Å². The van der Waals surface area contributed by atoms with E-state index in [1.165, 1.54) is 24.3 Å². The maximum Gasteiger partial charge on any atom is 0.288 e. The van der Waals surface area contributed by atoms with Crippen molar-refractivity contribution >= 4 is 23.1 Å². The van der Waals surface area contributed by atoms with Gasteiger partial charge in [-0.05, 0) is 48.4 Å². The van der Waals surface area contributed by atoms with Crippen molar-refractivity contribution in [1.29, 1.82) is 5.26 Å². The molecule has 6 nitrogen and oxygen atoms in total. The molecule has 1 heterocycles. The van der Waals surface area contributed by atoms with Gasteiger partial charge in [-0.1, -0.05) is 17.7 Å². The largest absolute Gasteiger partial charge is 0.383 e. The third-order valence-corrected chi connectivity index (χ3v) is 4.45. The number of benzene rings is 2. The van der Waals surface area contributed by atoms with Gasteiger partial charge >= 0.3 is 0 Å².